The summed E-state index contributed by atoms with van der Waals surface area (Å²) in [5.41, 5.74) is 0. The van der Waals surface area contributed by atoms with Gasteiger partial charge in [-0.3, -0.25) is 0 Å². The van der Waals surface area contributed by atoms with Crippen LogP contribution in [0.1, 0.15) is 6.92 Å². The molecule has 0 spiro atoms. The summed E-state index contributed by atoms with van der Waals surface area (Å²) in [7, 11) is 0. The van der Waals surface area contributed by atoms with Gasteiger partial charge >= 0.3 is 0 Å². The van der Waals surface area contributed by atoms with Gasteiger partial charge < -0.3 is 14.6 Å². The zero-order valence-corrected chi connectivity index (χ0v) is 7.47. The van der Waals surface area contributed by atoms with Crippen LogP contribution < -0.4 is 0 Å². The van der Waals surface area contributed by atoms with Crippen LogP contribution in [0.15, 0.2) is 0 Å². The molecular formula is C7H14O3S. The van der Waals surface area contributed by atoms with Crippen LogP contribution in [-0.2, 0) is 9.47 Å². The molecular weight excluding hydrogens is 164 g/mol. The Bertz CT molecular complexity index is 104. The molecule has 1 aliphatic heterocycles. The van der Waals surface area contributed by atoms with E-state index in [4.69, 9.17) is 9.47 Å². The summed E-state index contributed by atoms with van der Waals surface area (Å²) in [6.45, 7) is 3.28. The largest absolute Gasteiger partial charge is 0.387 e. The number of ether oxygens (including phenoxy) is 2. The smallest absolute Gasteiger partial charge is 0.184 e. The molecule has 1 N–H and O–H groups in total. The SMILES string of the molecule is CCSCC(O)C1OCCO1. The van der Waals surface area contributed by atoms with Crippen molar-refractivity contribution < 1.29 is 14.6 Å². The van der Waals surface area contributed by atoms with Gasteiger partial charge in [-0.15, -0.1) is 0 Å². The van der Waals surface area contributed by atoms with Crippen LogP contribution in [-0.4, -0.2) is 42.2 Å². The Hall–Kier alpha value is 0.230. The fraction of sp³-hybridized carbons (Fsp3) is 1.00. The molecule has 1 atom stereocenters. The van der Waals surface area contributed by atoms with Gasteiger partial charge in [-0.2, -0.15) is 11.8 Å². The highest BCUT2D eigenvalue weighted by Crippen LogP contribution is 2.12. The van der Waals surface area contributed by atoms with Crippen molar-refractivity contribution in [3.63, 3.8) is 0 Å². The van der Waals surface area contributed by atoms with Gasteiger partial charge in [0.2, 0.25) is 0 Å². The van der Waals surface area contributed by atoms with E-state index >= 15 is 0 Å². The fourth-order valence-corrected chi connectivity index (χ4v) is 1.55. The average Bonchev–Trinajstić information content (AvgIpc) is 2.52. The Morgan fingerprint density at radius 1 is 1.55 bits per heavy atom. The second-order valence-electron chi connectivity index (χ2n) is 2.34. The average molecular weight is 178 g/mol. The van der Waals surface area contributed by atoms with Crippen molar-refractivity contribution in [3.05, 3.63) is 0 Å². The molecule has 1 fully saturated rings. The van der Waals surface area contributed by atoms with Crippen LogP contribution in [0, 0.1) is 0 Å². The molecule has 0 aromatic rings. The topological polar surface area (TPSA) is 38.7 Å². The van der Waals surface area contributed by atoms with E-state index in [9.17, 15) is 5.11 Å². The summed E-state index contributed by atoms with van der Waals surface area (Å²) in [6.07, 6.45) is -0.850. The van der Waals surface area contributed by atoms with Crippen molar-refractivity contribution in [2.24, 2.45) is 0 Å². The highest BCUT2D eigenvalue weighted by molar-refractivity contribution is 7.99. The minimum Gasteiger partial charge on any atom is -0.387 e. The highest BCUT2D eigenvalue weighted by Gasteiger charge is 2.24. The first-order valence-corrected chi connectivity index (χ1v) is 4.99. The molecule has 0 saturated carbocycles. The number of aliphatic hydroxyl groups excluding tert-OH is 1. The molecule has 0 bridgehead atoms. The maximum absolute atomic E-state index is 9.41. The lowest BCUT2D eigenvalue weighted by Crippen LogP contribution is -2.29. The Morgan fingerprint density at radius 3 is 2.73 bits per heavy atom. The van der Waals surface area contributed by atoms with Crippen molar-refractivity contribution >= 4 is 11.8 Å². The molecule has 0 aromatic carbocycles. The van der Waals surface area contributed by atoms with Crippen molar-refractivity contribution in [3.8, 4) is 0 Å². The molecule has 0 amide bonds. The Labute approximate surface area is 71.1 Å². The lowest BCUT2D eigenvalue weighted by Gasteiger charge is -2.15. The molecule has 1 rings (SSSR count). The quantitative estimate of drug-likeness (QED) is 0.679. The van der Waals surface area contributed by atoms with Crippen LogP contribution in [0.3, 0.4) is 0 Å². The third-order valence-corrected chi connectivity index (χ3v) is 2.44. The van der Waals surface area contributed by atoms with E-state index in [0.29, 0.717) is 19.0 Å². The van der Waals surface area contributed by atoms with Crippen molar-refractivity contribution in [2.75, 3.05) is 24.7 Å². The van der Waals surface area contributed by atoms with Crippen molar-refractivity contribution in [2.45, 2.75) is 19.3 Å². The minimum absolute atomic E-state index is 0.381. The van der Waals surface area contributed by atoms with E-state index in [0.717, 1.165) is 5.75 Å². The summed E-state index contributed by atoms with van der Waals surface area (Å²) in [5, 5.41) is 9.41. The first kappa shape index (κ1) is 9.32. The summed E-state index contributed by atoms with van der Waals surface area (Å²) in [4.78, 5) is 0. The maximum atomic E-state index is 9.41. The molecule has 1 heterocycles. The molecule has 11 heavy (non-hydrogen) atoms. The molecule has 1 unspecified atom stereocenters. The monoisotopic (exact) mass is 178 g/mol. The van der Waals surface area contributed by atoms with Crippen LogP contribution >= 0.6 is 11.8 Å². The van der Waals surface area contributed by atoms with E-state index < -0.39 is 6.10 Å². The van der Waals surface area contributed by atoms with Crippen LogP contribution in [0.2, 0.25) is 0 Å². The van der Waals surface area contributed by atoms with Gasteiger partial charge in [0.05, 0.1) is 13.2 Å². The third-order valence-electron chi connectivity index (χ3n) is 1.45. The highest BCUT2D eigenvalue weighted by atomic mass is 32.2. The summed E-state index contributed by atoms with van der Waals surface area (Å²) in [5.74, 6) is 1.71. The van der Waals surface area contributed by atoms with Crippen molar-refractivity contribution in [1.29, 1.82) is 0 Å². The predicted molar refractivity (Wildman–Crippen MR) is 44.7 cm³/mol. The van der Waals surface area contributed by atoms with E-state index in [1.54, 1.807) is 11.8 Å². The number of aliphatic hydroxyl groups is 1. The van der Waals surface area contributed by atoms with Gasteiger partial charge in [0.1, 0.15) is 6.10 Å². The molecule has 0 aromatic heterocycles. The minimum atomic E-state index is -0.470. The lowest BCUT2D eigenvalue weighted by atomic mass is 10.4. The van der Waals surface area contributed by atoms with Crippen LogP contribution in [0.4, 0.5) is 0 Å². The second-order valence-corrected chi connectivity index (χ2v) is 3.66. The molecule has 0 aliphatic carbocycles. The Morgan fingerprint density at radius 2 is 2.18 bits per heavy atom. The van der Waals surface area contributed by atoms with Gasteiger partial charge in [0, 0.05) is 5.75 Å². The van der Waals surface area contributed by atoms with E-state index in [1.807, 2.05) is 0 Å². The molecule has 4 heteroatoms. The normalized spacial score (nSPS) is 22.4. The first-order valence-electron chi connectivity index (χ1n) is 3.83. The zero-order valence-electron chi connectivity index (χ0n) is 6.66. The maximum Gasteiger partial charge on any atom is 0.184 e. The lowest BCUT2D eigenvalue weighted by molar-refractivity contribution is -0.111. The number of thioether (sulfide) groups is 1. The van der Waals surface area contributed by atoms with E-state index in [1.165, 1.54) is 0 Å². The number of hydrogen-bond donors (Lipinski definition) is 1. The number of rotatable bonds is 4. The van der Waals surface area contributed by atoms with E-state index in [-0.39, 0.29) is 6.29 Å². The molecule has 66 valence electrons. The van der Waals surface area contributed by atoms with Gasteiger partial charge in [-0.25, -0.2) is 0 Å². The molecule has 0 radical (unpaired) electrons. The Balaban J connectivity index is 2.12. The summed E-state index contributed by atoms with van der Waals surface area (Å²) < 4.78 is 10.3. The molecule has 1 saturated heterocycles. The van der Waals surface area contributed by atoms with Crippen LogP contribution in [0.5, 0.6) is 0 Å². The predicted octanol–water partition coefficient (Wildman–Crippen LogP) is 0.473. The fourth-order valence-electron chi connectivity index (χ4n) is 0.916. The molecule has 3 nitrogen and oxygen atoms in total. The second kappa shape index (κ2) is 4.98. The summed E-state index contributed by atoms with van der Waals surface area (Å²) in [6, 6.07) is 0. The standard InChI is InChI=1S/C7H14O3S/c1-2-11-5-6(8)7-9-3-4-10-7/h6-8H,2-5H2,1H3. The summed E-state index contributed by atoms with van der Waals surface area (Å²) >= 11 is 1.69. The van der Waals surface area contributed by atoms with Gasteiger partial charge in [-0.1, -0.05) is 6.92 Å². The number of hydrogen-bond acceptors (Lipinski definition) is 4. The van der Waals surface area contributed by atoms with Crippen molar-refractivity contribution in [1.82, 2.24) is 0 Å². The first-order chi connectivity index (χ1) is 5.34. The van der Waals surface area contributed by atoms with Gasteiger partial charge in [0.25, 0.3) is 0 Å². The molecule has 1 aliphatic rings. The van der Waals surface area contributed by atoms with Gasteiger partial charge in [0.15, 0.2) is 6.29 Å². The zero-order chi connectivity index (χ0) is 8.10. The van der Waals surface area contributed by atoms with E-state index in [2.05, 4.69) is 6.92 Å². The Kier molecular flexibility index (Phi) is 4.22. The third kappa shape index (κ3) is 2.99. The van der Waals surface area contributed by atoms with Gasteiger partial charge in [-0.05, 0) is 5.75 Å². The van der Waals surface area contributed by atoms with Crippen LogP contribution in [0.25, 0.3) is 0 Å².